The van der Waals surface area contributed by atoms with Gasteiger partial charge in [0.2, 0.25) is 5.91 Å². The van der Waals surface area contributed by atoms with E-state index in [1.54, 1.807) is 36.4 Å². The average Bonchev–Trinajstić information content (AvgIpc) is 2.79. The molecule has 0 saturated carbocycles. The summed E-state index contributed by atoms with van der Waals surface area (Å²) in [7, 11) is 1.29. The summed E-state index contributed by atoms with van der Waals surface area (Å²) in [6, 6.07) is 13.2. The summed E-state index contributed by atoms with van der Waals surface area (Å²) in [6.45, 7) is 1.85. The van der Waals surface area contributed by atoms with Gasteiger partial charge in [0, 0.05) is 18.5 Å². The van der Waals surface area contributed by atoms with Crippen LogP contribution >= 0.6 is 0 Å². The number of methoxy groups -OCH3 is 1. The number of para-hydroxylation sites is 2. The summed E-state index contributed by atoms with van der Waals surface area (Å²) in [5.74, 6) is -1.28. The number of hydrogen-bond donors (Lipinski definition) is 2. The number of esters is 2. The largest absolute Gasteiger partial charge is 0.492 e. The molecule has 2 aromatic rings. The molecule has 2 aromatic carbocycles. The van der Waals surface area contributed by atoms with Crippen molar-refractivity contribution in [3.8, 4) is 5.75 Å². The minimum absolute atomic E-state index is 0.00247. The fraction of sp³-hybridized carbons (Fsp3) is 0.304. The van der Waals surface area contributed by atoms with Gasteiger partial charge in [-0.3, -0.25) is 14.4 Å². The van der Waals surface area contributed by atoms with Crippen LogP contribution in [0, 0.1) is 0 Å². The first-order valence-corrected chi connectivity index (χ1v) is 10.1. The molecule has 9 nitrogen and oxygen atoms in total. The van der Waals surface area contributed by atoms with Crippen LogP contribution in [-0.2, 0) is 23.9 Å². The maximum absolute atomic E-state index is 12.0. The Kier molecular flexibility index (Phi) is 9.70. The highest BCUT2D eigenvalue weighted by atomic mass is 16.5. The summed E-state index contributed by atoms with van der Waals surface area (Å²) in [5, 5.41) is 5.31. The molecule has 0 radical (unpaired) electrons. The third kappa shape index (κ3) is 8.10. The fourth-order valence-electron chi connectivity index (χ4n) is 2.68. The van der Waals surface area contributed by atoms with Crippen LogP contribution in [0.3, 0.4) is 0 Å². The Labute approximate surface area is 186 Å². The van der Waals surface area contributed by atoms with Crippen LogP contribution in [0.15, 0.2) is 48.5 Å². The number of anilines is 2. The predicted molar refractivity (Wildman–Crippen MR) is 117 cm³/mol. The predicted octanol–water partition coefficient (Wildman–Crippen LogP) is 3.16. The molecule has 9 heteroatoms. The highest BCUT2D eigenvalue weighted by Crippen LogP contribution is 2.23. The first-order chi connectivity index (χ1) is 15.4. The summed E-state index contributed by atoms with van der Waals surface area (Å²) in [5.41, 5.74) is 1.39. The smallest absolute Gasteiger partial charge is 0.337 e. The second-order valence-electron chi connectivity index (χ2n) is 6.61. The third-order valence-corrected chi connectivity index (χ3v) is 4.20. The van der Waals surface area contributed by atoms with Crippen LogP contribution in [0.25, 0.3) is 0 Å². The van der Waals surface area contributed by atoms with E-state index in [0.717, 1.165) is 0 Å². The van der Waals surface area contributed by atoms with Gasteiger partial charge >= 0.3 is 11.9 Å². The molecule has 0 bridgehead atoms. The lowest BCUT2D eigenvalue weighted by molar-refractivity contribution is -0.147. The second-order valence-corrected chi connectivity index (χ2v) is 6.61. The molecule has 0 aliphatic rings. The molecular formula is C23H26N2O7. The summed E-state index contributed by atoms with van der Waals surface area (Å²) in [4.78, 5) is 47.2. The van der Waals surface area contributed by atoms with Crippen LogP contribution in [0.2, 0.25) is 0 Å². The number of hydrogen-bond acceptors (Lipinski definition) is 7. The van der Waals surface area contributed by atoms with Crippen molar-refractivity contribution in [2.75, 3.05) is 31.0 Å². The van der Waals surface area contributed by atoms with Crippen molar-refractivity contribution in [2.24, 2.45) is 0 Å². The molecule has 0 unspecified atom stereocenters. The zero-order valence-corrected chi connectivity index (χ0v) is 18.0. The normalized spacial score (nSPS) is 10.1. The van der Waals surface area contributed by atoms with Gasteiger partial charge in [-0.2, -0.15) is 0 Å². The highest BCUT2D eigenvalue weighted by molar-refractivity contribution is 5.94. The molecule has 0 aromatic heterocycles. The topological polar surface area (TPSA) is 120 Å². The Morgan fingerprint density at radius 3 is 2.28 bits per heavy atom. The van der Waals surface area contributed by atoms with E-state index >= 15 is 0 Å². The van der Waals surface area contributed by atoms with Gasteiger partial charge in [-0.25, -0.2) is 4.79 Å². The number of amides is 2. The molecule has 2 amide bonds. The molecule has 0 saturated heterocycles. The molecular weight excluding hydrogens is 416 g/mol. The third-order valence-electron chi connectivity index (χ3n) is 4.20. The molecule has 0 heterocycles. The lowest BCUT2D eigenvalue weighted by atomic mass is 10.2. The Balaban J connectivity index is 1.67. The van der Waals surface area contributed by atoms with Crippen LogP contribution < -0.4 is 15.4 Å². The van der Waals surface area contributed by atoms with E-state index in [1.165, 1.54) is 19.2 Å². The number of rotatable bonds is 11. The lowest BCUT2D eigenvalue weighted by Crippen LogP contribution is -2.21. The van der Waals surface area contributed by atoms with Crippen molar-refractivity contribution in [1.82, 2.24) is 0 Å². The Hall–Kier alpha value is -3.88. The maximum Gasteiger partial charge on any atom is 0.337 e. The van der Waals surface area contributed by atoms with Crippen molar-refractivity contribution in [3.05, 3.63) is 54.1 Å². The van der Waals surface area contributed by atoms with E-state index < -0.39 is 24.5 Å². The standard InChI is InChI=1S/C23H26N2O7/c1-3-31-19-8-5-4-7-18(19)25-21(27)15-32-22(28)10-6-9-20(26)24-17-13-11-16(12-14-17)23(29)30-2/h4-5,7-8,11-14H,3,6,9-10,15H2,1-2H3,(H,24,26)(H,25,27). The van der Waals surface area contributed by atoms with Crippen molar-refractivity contribution in [2.45, 2.75) is 26.2 Å². The Morgan fingerprint density at radius 1 is 0.875 bits per heavy atom. The molecule has 170 valence electrons. The second kappa shape index (κ2) is 12.7. The van der Waals surface area contributed by atoms with Crippen LogP contribution in [-0.4, -0.2) is 44.1 Å². The minimum atomic E-state index is -0.575. The van der Waals surface area contributed by atoms with E-state index in [0.29, 0.717) is 29.3 Å². The maximum atomic E-state index is 12.0. The number of carbonyl (C=O) groups excluding carboxylic acids is 4. The summed E-state index contributed by atoms with van der Waals surface area (Å²) < 4.78 is 15.0. The van der Waals surface area contributed by atoms with Gasteiger partial charge in [-0.05, 0) is 49.7 Å². The Bertz CT molecular complexity index is 942. The van der Waals surface area contributed by atoms with Gasteiger partial charge in [0.1, 0.15) is 5.75 Å². The van der Waals surface area contributed by atoms with E-state index in [2.05, 4.69) is 15.4 Å². The zero-order valence-electron chi connectivity index (χ0n) is 18.0. The van der Waals surface area contributed by atoms with E-state index in [9.17, 15) is 19.2 Å². The van der Waals surface area contributed by atoms with Crippen molar-refractivity contribution in [3.63, 3.8) is 0 Å². The van der Waals surface area contributed by atoms with Crippen LogP contribution in [0.1, 0.15) is 36.5 Å². The van der Waals surface area contributed by atoms with Crippen LogP contribution in [0.5, 0.6) is 5.75 Å². The van der Waals surface area contributed by atoms with E-state index in [4.69, 9.17) is 9.47 Å². The SMILES string of the molecule is CCOc1ccccc1NC(=O)COC(=O)CCCC(=O)Nc1ccc(C(=O)OC)cc1. The Morgan fingerprint density at radius 2 is 1.59 bits per heavy atom. The quantitative estimate of drug-likeness (QED) is 0.513. The highest BCUT2D eigenvalue weighted by Gasteiger charge is 2.12. The first-order valence-electron chi connectivity index (χ1n) is 10.1. The number of benzene rings is 2. The molecule has 0 atom stereocenters. The van der Waals surface area contributed by atoms with Gasteiger partial charge < -0.3 is 24.8 Å². The lowest BCUT2D eigenvalue weighted by Gasteiger charge is -2.11. The molecule has 2 N–H and O–H groups in total. The van der Waals surface area contributed by atoms with E-state index in [1.807, 2.05) is 6.92 Å². The average molecular weight is 442 g/mol. The monoisotopic (exact) mass is 442 g/mol. The molecule has 32 heavy (non-hydrogen) atoms. The van der Waals surface area contributed by atoms with Crippen molar-refractivity contribution >= 4 is 35.1 Å². The molecule has 0 spiro atoms. The zero-order chi connectivity index (χ0) is 23.3. The first kappa shape index (κ1) is 24.4. The summed E-state index contributed by atoms with van der Waals surface area (Å²) >= 11 is 0. The van der Waals surface area contributed by atoms with Crippen LogP contribution in [0.4, 0.5) is 11.4 Å². The molecule has 0 aliphatic heterocycles. The van der Waals surface area contributed by atoms with Crippen molar-refractivity contribution in [1.29, 1.82) is 0 Å². The molecule has 0 fully saturated rings. The fourth-order valence-corrected chi connectivity index (χ4v) is 2.68. The molecule has 2 rings (SSSR count). The van der Waals surface area contributed by atoms with Gasteiger partial charge in [0.05, 0.1) is 25.0 Å². The van der Waals surface area contributed by atoms with Gasteiger partial charge in [0.25, 0.3) is 5.91 Å². The van der Waals surface area contributed by atoms with Gasteiger partial charge in [-0.15, -0.1) is 0 Å². The van der Waals surface area contributed by atoms with E-state index in [-0.39, 0.29) is 25.2 Å². The number of nitrogens with one attached hydrogen (secondary N) is 2. The summed E-state index contributed by atoms with van der Waals surface area (Å²) in [6.07, 6.45) is 0.360. The van der Waals surface area contributed by atoms with Gasteiger partial charge in [-0.1, -0.05) is 12.1 Å². The van der Waals surface area contributed by atoms with Crippen molar-refractivity contribution < 1.29 is 33.4 Å². The van der Waals surface area contributed by atoms with Gasteiger partial charge in [0.15, 0.2) is 6.61 Å². The number of ether oxygens (including phenoxy) is 3. The minimum Gasteiger partial charge on any atom is -0.492 e. The molecule has 0 aliphatic carbocycles. The number of carbonyl (C=O) groups is 4.